The fraction of sp³-hybridized carbons (Fsp3) is 0.571. The molecular weight excluding hydrogens is 200 g/mol. The Morgan fingerprint density at radius 1 is 1.20 bits per heavy atom. The minimum absolute atomic E-state index is 1.07. The predicted octanol–water partition coefficient (Wildman–Crippen LogP) is 5.58. The second-order valence-corrected chi connectivity index (χ2v) is 3.98. The molecule has 1 heteroatoms. The lowest BCUT2D eigenvalue weighted by Crippen LogP contribution is -1.79. The van der Waals surface area contributed by atoms with Crippen molar-refractivity contribution in [2.45, 2.75) is 47.0 Å². The van der Waals surface area contributed by atoms with Crippen molar-refractivity contribution in [1.82, 2.24) is 0 Å². The highest BCUT2D eigenvalue weighted by molar-refractivity contribution is 8.02. The number of rotatable bonds is 5. The Kier molecular flexibility index (Phi) is 15.4. The van der Waals surface area contributed by atoms with Gasteiger partial charge in [0.25, 0.3) is 0 Å². The molecular formula is C14H26S. The molecule has 0 unspecified atom stereocenters. The third kappa shape index (κ3) is 9.86. The van der Waals surface area contributed by atoms with Crippen molar-refractivity contribution in [3.05, 3.63) is 35.3 Å². The van der Waals surface area contributed by atoms with Gasteiger partial charge in [0.05, 0.1) is 0 Å². The first-order valence-electron chi connectivity index (χ1n) is 5.74. The summed E-state index contributed by atoms with van der Waals surface area (Å²) in [6.45, 7) is 12.3. The van der Waals surface area contributed by atoms with Crippen LogP contribution in [0.15, 0.2) is 35.3 Å². The van der Waals surface area contributed by atoms with E-state index in [1.807, 2.05) is 6.08 Å². The number of allylic oxidation sites excluding steroid dienone is 4. The van der Waals surface area contributed by atoms with E-state index in [1.165, 1.54) is 23.3 Å². The molecule has 88 valence electrons. The quantitative estimate of drug-likeness (QED) is 0.551. The first-order chi connectivity index (χ1) is 7.21. The van der Waals surface area contributed by atoms with E-state index >= 15 is 0 Å². The van der Waals surface area contributed by atoms with Gasteiger partial charge >= 0.3 is 0 Å². The number of unbranched alkanes of at least 4 members (excludes halogenated alkanes) is 1. The lowest BCUT2D eigenvalue weighted by Gasteiger charge is -2.02. The van der Waals surface area contributed by atoms with Gasteiger partial charge in [-0.1, -0.05) is 58.4 Å². The summed E-state index contributed by atoms with van der Waals surface area (Å²) in [5.41, 5.74) is 1.25. The lowest BCUT2D eigenvalue weighted by atomic mass is 10.2. The maximum atomic E-state index is 3.77. The van der Waals surface area contributed by atoms with E-state index in [4.69, 9.17) is 0 Å². The molecule has 0 aromatic rings. The molecule has 0 saturated carbocycles. The van der Waals surface area contributed by atoms with E-state index in [0.717, 1.165) is 6.42 Å². The molecule has 0 spiro atoms. The van der Waals surface area contributed by atoms with Crippen LogP contribution in [-0.4, -0.2) is 6.26 Å². The number of hydrogen-bond donors (Lipinski definition) is 0. The van der Waals surface area contributed by atoms with Gasteiger partial charge in [-0.05, 0) is 25.2 Å². The minimum atomic E-state index is 1.07. The molecule has 0 heterocycles. The van der Waals surface area contributed by atoms with Gasteiger partial charge in [-0.3, -0.25) is 0 Å². The number of hydrogen-bond acceptors (Lipinski definition) is 1. The van der Waals surface area contributed by atoms with Crippen LogP contribution in [0.5, 0.6) is 0 Å². The molecule has 0 atom stereocenters. The Labute approximate surface area is 101 Å². The average Bonchev–Trinajstić information content (AvgIpc) is 2.29. The van der Waals surface area contributed by atoms with Crippen molar-refractivity contribution in [3.8, 4) is 0 Å². The van der Waals surface area contributed by atoms with Crippen LogP contribution in [0.3, 0.4) is 0 Å². The molecule has 0 N–H and O–H groups in total. The van der Waals surface area contributed by atoms with Gasteiger partial charge in [0, 0.05) is 4.91 Å². The molecule has 0 rings (SSSR count). The van der Waals surface area contributed by atoms with Gasteiger partial charge in [-0.15, -0.1) is 11.8 Å². The highest BCUT2D eigenvalue weighted by atomic mass is 32.2. The Balaban J connectivity index is 0. The fourth-order valence-electron chi connectivity index (χ4n) is 0.907. The van der Waals surface area contributed by atoms with Gasteiger partial charge in [0.1, 0.15) is 0 Å². The van der Waals surface area contributed by atoms with Crippen molar-refractivity contribution < 1.29 is 0 Å². The largest absolute Gasteiger partial charge is 0.129 e. The summed E-state index contributed by atoms with van der Waals surface area (Å²) in [4.78, 5) is 1.31. The maximum Gasteiger partial charge on any atom is 0.00955 e. The van der Waals surface area contributed by atoms with E-state index < -0.39 is 0 Å². The zero-order valence-corrected chi connectivity index (χ0v) is 11.8. The third-order valence-corrected chi connectivity index (χ3v) is 2.82. The van der Waals surface area contributed by atoms with Crippen LogP contribution in [-0.2, 0) is 0 Å². The van der Waals surface area contributed by atoms with E-state index in [2.05, 4.69) is 52.7 Å². The third-order valence-electron chi connectivity index (χ3n) is 1.91. The zero-order chi connectivity index (χ0) is 12.1. The minimum Gasteiger partial charge on any atom is -0.129 e. The standard InChI is InChI=1S/C10H16S.C4H10/c1-5-8-9(6-2)10(7-3)11-4;1-3-4-2/h6-8H,2,5H2,1,3-4H3;3-4H2,1-2H3/b9-8-,10-7+;. The van der Waals surface area contributed by atoms with Crippen LogP contribution in [0.4, 0.5) is 0 Å². The van der Waals surface area contributed by atoms with Crippen LogP contribution in [0, 0.1) is 0 Å². The molecule has 15 heavy (non-hydrogen) atoms. The molecule has 0 aromatic heterocycles. The molecule has 0 nitrogen and oxygen atoms in total. The predicted molar refractivity (Wildman–Crippen MR) is 76.4 cm³/mol. The summed E-state index contributed by atoms with van der Waals surface area (Å²) in [5, 5.41) is 0. The van der Waals surface area contributed by atoms with Gasteiger partial charge in [-0.2, -0.15) is 0 Å². The summed E-state index contributed by atoms with van der Waals surface area (Å²) < 4.78 is 0. The highest BCUT2D eigenvalue weighted by Crippen LogP contribution is 2.22. The second-order valence-electron chi connectivity index (χ2n) is 3.13. The molecule has 0 saturated heterocycles. The van der Waals surface area contributed by atoms with E-state index in [9.17, 15) is 0 Å². The lowest BCUT2D eigenvalue weighted by molar-refractivity contribution is 0.886. The van der Waals surface area contributed by atoms with Crippen LogP contribution >= 0.6 is 11.8 Å². The average molecular weight is 226 g/mol. The molecule has 0 amide bonds. The molecule has 0 aliphatic heterocycles. The summed E-state index contributed by atoms with van der Waals surface area (Å²) >= 11 is 1.76. The van der Waals surface area contributed by atoms with Gasteiger partial charge in [0.2, 0.25) is 0 Å². The van der Waals surface area contributed by atoms with E-state index in [-0.39, 0.29) is 0 Å². The van der Waals surface area contributed by atoms with Crippen molar-refractivity contribution in [2.24, 2.45) is 0 Å². The Morgan fingerprint density at radius 3 is 1.93 bits per heavy atom. The van der Waals surface area contributed by atoms with Crippen molar-refractivity contribution in [1.29, 1.82) is 0 Å². The first-order valence-corrected chi connectivity index (χ1v) is 6.97. The van der Waals surface area contributed by atoms with Crippen LogP contribution in [0.1, 0.15) is 47.0 Å². The summed E-state index contributed by atoms with van der Waals surface area (Å²) in [6.07, 6.45) is 12.0. The monoisotopic (exact) mass is 226 g/mol. The maximum absolute atomic E-state index is 3.77. The highest BCUT2D eigenvalue weighted by Gasteiger charge is 1.95. The molecule has 0 aliphatic carbocycles. The van der Waals surface area contributed by atoms with Crippen molar-refractivity contribution in [2.75, 3.05) is 6.26 Å². The summed E-state index contributed by atoms with van der Waals surface area (Å²) in [5.74, 6) is 0. The Bertz CT molecular complexity index is 197. The normalized spacial score (nSPS) is 11.8. The molecule has 0 aromatic carbocycles. The van der Waals surface area contributed by atoms with Crippen LogP contribution in [0.25, 0.3) is 0 Å². The fourth-order valence-corrected chi connectivity index (χ4v) is 1.54. The Hall–Kier alpha value is -0.430. The summed E-state index contributed by atoms with van der Waals surface area (Å²) in [6, 6.07) is 0. The second kappa shape index (κ2) is 13.6. The van der Waals surface area contributed by atoms with E-state index in [1.54, 1.807) is 11.8 Å². The topological polar surface area (TPSA) is 0 Å². The van der Waals surface area contributed by atoms with Crippen molar-refractivity contribution >= 4 is 11.8 Å². The van der Waals surface area contributed by atoms with Gasteiger partial charge < -0.3 is 0 Å². The van der Waals surface area contributed by atoms with Crippen LogP contribution in [0.2, 0.25) is 0 Å². The van der Waals surface area contributed by atoms with Crippen molar-refractivity contribution in [3.63, 3.8) is 0 Å². The molecule has 0 aliphatic rings. The summed E-state index contributed by atoms with van der Waals surface area (Å²) in [7, 11) is 0. The molecule has 0 radical (unpaired) electrons. The van der Waals surface area contributed by atoms with Gasteiger partial charge in [0.15, 0.2) is 0 Å². The molecule has 0 bridgehead atoms. The SMILES string of the molecule is C=CC(=C/CC)/C(=C\C)SC.CCCC. The van der Waals surface area contributed by atoms with Crippen LogP contribution < -0.4 is 0 Å². The smallest absolute Gasteiger partial charge is 0.00955 e. The van der Waals surface area contributed by atoms with Gasteiger partial charge in [-0.25, -0.2) is 0 Å². The number of thioether (sulfide) groups is 1. The molecule has 0 fully saturated rings. The van der Waals surface area contributed by atoms with E-state index in [0.29, 0.717) is 0 Å². The zero-order valence-electron chi connectivity index (χ0n) is 11.0. The Morgan fingerprint density at radius 2 is 1.73 bits per heavy atom. The first kappa shape index (κ1) is 17.0.